The van der Waals surface area contributed by atoms with Gasteiger partial charge in [-0.25, -0.2) is 14.5 Å². The number of carbonyl (C=O) groups is 1. The molecular formula is C13H8BrN3O2. The van der Waals surface area contributed by atoms with Gasteiger partial charge in [0.1, 0.15) is 0 Å². The number of aromatic nitrogens is 3. The molecule has 0 aliphatic rings. The summed E-state index contributed by atoms with van der Waals surface area (Å²) in [7, 11) is 0. The lowest BCUT2D eigenvalue weighted by Crippen LogP contribution is -2.04. The second-order valence-electron chi connectivity index (χ2n) is 3.95. The number of hydrogen-bond donors (Lipinski definition) is 1. The molecule has 0 unspecified atom stereocenters. The molecule has 1 N–H and O–H groups in total. The highest BCUT2D eigenvalue weighted by molar-refractivity contribution is 9.10. The van der Waals surface area contributed by atoms with Crippen LogP contribution in [0.25, 0.3) is 16.6 Å². The van der Waals surface area contributed by atoms with Crippen LogP contribution in [0.3, 0.4) is 0 Å². The van der Waals surface area contributed by atoms with Gasteiger partial charge in [0, 0.05) is 23.2 Å². The third kappa shape index (κ3) is 2.00. The van der Waals surface area contributed by atoms with E-state index in [1.807, 2.05) is 12.1 Å². The zero-order chi connectivity index (χ0) is 13.4. The van der Waals surface area contributed by atoms with Gasteiger partial charge in [-0.3, -0.25) is 0 Å². The van der Waals surface area contributed by atoms with E-state index in [2.05, 4.69) is 26.0 Å². The number of halogens is 1. The Labute approximate surface area is 116 Å². The lowest BCUT2D eigenvalue weighted by atomic mass is 10.1. The number of benzene rings is 1. The van der Waals surface area contributed by atoms with Gasteiger partial charge in [0.2, 0.25) is 0 Å². The van der Waals surface area contributed by atoms with E-state index in [4.69, 9.17) is 0 Å². The largest absolute Gasteiger partial charge is 0.478 e. The Balaban J connectivity index is 2.34. The molecule has 3 rings (SSSR count). The smallest absolute Gasteiger partial charge is 0.337 e. The standard InChI is InChI=1S/C13H8BrN3O2/c14-8-5-16-17(7-8)12-10-4-2-1-3-9(10)11(6-15-12)13(18)19/h1-7H,(H,18,19). The summed E-state index contributed by atoms with van der Waals surface area (Å²) < 4.78 is 2.44. The SMILES string of the molecule is O=C(O)c1cnc(-n2cc(Br)cn2)c2ccccc12. The highest BCUT2D eigenvalue weighted by Crippen LogP contribution is 2.24. The Bertz CT molecular complexity index is 782. The molecule has 0 bridgehead atoms. The van der Waals surface area contributed by atoms with Crippen molar-refractivity contribution in [3.05, 3.63) is 52.9 Å². The number of rotatable bonds is 2. The predicted octanol–water partition coefficient (Wildman–Crippen LogP) is 2.88. The Hall–Kier alpha value is -2.21. The van der Waals surface area contributed by atoms with Crippen LogP contribution in [0.1, 0.15) is 10.4 Å². The molecule has 1 aromatic carbocycles. The first-order valence-electron chi connectivity index (χ1n) is 5.48. The van der Waals surface area contributed by atoms with Gasteiger partial charge in [-0.15, -0.1) is 0 Å². The average molecular weight is 318 g/mol. The van der Waals surface area contributed by atoms with E-state index in [0.717, 1.165) is 9.86 Å². The van der Waals surface area contributed by atoms with E-state index in [1.165, 1.54) is 6.20 Å². The molecule has 2 aromatic heterocycles. The third-order valence-corrected chi connectivity index (χ3v) is 3.18. The summed E-state index contributed by atoms with van der Waals surface area (Å²) in [5, 5.41) is 14.7. The third-order valence-electron chi connectivity index (χ3n) is 2.77. The number of fused-ring (bicyclic) bond motifs is 1. The molecule has 0 fully saturated rings. The summed E-state index contributed by atoms with van der Waals surface area (Å²) >= 11 is 3.33. The van der Waals surface area contributed by atoms with Crippen molar-refractivity contribution in [3.63, 3.8) is 0 Å². The molecule has 19 heavy (non-hydrogen) atoms. The fraction of sp³-hybridized carbons (Fsp3) is 0. The maximum Gasteiger partial charge on any atom is 0.337 e. The van der Waals surface area contributed by atoms with E-state index in [9.17, 15) is 9.90 Å². The minimum Gasteiger partial charge on any atom is -0.478 e. The summed E-state index contributed by atoms with van der Waals surface area (Å²) in [4.78, 5) is 15.4. The molecule has 94 valence electrons. The van der Waals surface area contributed by atoms with Crippen molar-refractivity contribution in [1.82, 2.24) is 14.8 Å². The molecule has 0 saturated heterocycles. The van der Waals surface area contributed by atoms with E-state index < -0.39 is 5.97 Å². The minimum absolute atomic E-state index is 0.186. The van der Waals surface area contributed by atoms with Crippen LogP contribution < -0.4 is 0 Å². The van der Waals surface area contributed by atoms with Crippen molar-refractivity contribution in [2.24, 2.45) is 0 Å². The van der Waals surface area contributed by atoms with Crippen LogP contribution >= 0.6 is 15.9 Å². The van der Waals surface area contributed by atoms with E-state index in [-0.39, 0.29) is 5.56 Å². The fourth-order valence-corrected chi connectivity index (χ4v) is 2.23. The summed E-state index contributed by atoms with van der Waals surface area (Å²) in [5.41, 5.74) is 0.186. The maximum absolute atomic E-state index is 11.2. The average Bonchev–Trinajstić information content (AvgIpc) is 2.83. The van der Waals surface area contributed by atoms with Gasteiger partial charge in [0.15, 0.2) is 5.82 Å². The molecule has 0 spiro atoms. The Morgan fingerprint density at radius 1 is 1.21 bits per heavy atom. The van der Waals surface area contributed by atoms with Gasteiger partial charge >= 0.3 is 5.97 Å². The molecule has 0 aliphatic carbocycles. The summed E-state index contributed by atoms with van der Waals surface area (Å²) in [5.74, 6) is -0.386. The van der Waals surface area contributed by atoms with Crippen LogP contribution in [0.5, 0.6) is 0 Å². The lowest BCUT2D eigenvalue weighted by molar-refractivity contribution is 0.0698. The van der Waals surface area contributed by atoms with Crippen LogP contribution in [0, 0.1) is 0 Å². The van der Waals surface area contributed by atoms with Gasteiger partial charge in [-0.05, 0) is 15.9 Å². The van der Waals surface area contributed by atoms with Crippen molar-refractivity contribution in [1.29, 1.82) is 0 Å². The molecule has 5 nitrogen and oxygen atoms in total. The first kappa shape index (κ1) is 11.9. The summed E-state index contributed by atoms with van der Waals surface area (Å²) in [6.45, 7) is 0. The van der Waals surface area contributed by atoms with Crippen molar-refractivity contribution in [2.75, 3.05) is 0 Å². The first-order valence-corrected chi connectivity index (χ1v) is 6.27. The van der Waals surface area contributed by atoms with Crippen LogP contribution in [0.15, 0.2) is 47.3 Å². The second-order valence-corrected chi connectivity index (χ2v) is 4.87. The Morgan fingerprint density at radius 3 is 2.58 bits per heavy atom. The van der Waals surface area contributed by atoms with Crippen molar-refractivity contribution >= 4 is 32.7 Å². The summed E-state index contributed by atoms with van der Waals surface area (Å²) in [6, 6.07) is 7.25. The van der Waals surface area contributed by atoms with Gasteiger partial charge in [-0.1, -0.05) is 24.3 Å². The molecule has 2 heterocycles. The topological polar surface area (TPSA) is 68.0 Å². The number of carboxylic acid groups (broad SMARTS) is 1. The summed E-state index contributed by atoms with van der Waals surface area (Å²) in [6.07, 6.45) is 4.78. The minimum atomic E-state index is -0.989. The molecule has 0 radical (unpaired) electrons. The number of pyridine rings is 1. The molecule has 3 aromatic rings. The zero-order valence-corrected chi connectivity index (χ0v) is 11.2. The Kier molecular flexibility index (Phi) is 2.79. The van der Waals surface area contributed by atoms with E-state index in [1.54, 1.807) is 29.2 Å². The number of carboxylic acids is 1. The molecule has 0 atom stereocenters. The van der Waals surface area contributed by atoms with Gasteiger partial charge in [0.05, 0.1) is 16.2 Å². The Morgan fingerprint density at radius 2 is 1.95 bits per heavy atom. The second kappa shape index (κ2) is 4.47. The fourth-order valence-electron chi connectivity index (χ4n) is 1.95. The number of aromatic carboxylic acids is 1. The van der Waals surface area contributed by atoms with Crippen molar-refractivity contribution in [3.8, 4) is 5.82 Å². The van der Waals surface area contributed by atoms with Crippen LogP contribution in [0.2, 0.25) is 0 Å². The van der Waals surface area contributed by atoms with E-state index >= 15 is 0 Å². The quantitative estimate of drug-likeness (QED) is 0.789. The molecule has 0 aliphatic heterocycles. The normalized spacial score (nSPS) is 10.8. The van der Waals surface area contributed by atoms with Gasteiger partial charge in [0.25, 0.3) is 0 Å². The highest BCUT2D eigenvalue weighted by atomic mass is 79.9. The van der Waals surface area contributed by atoms with Gasteiger partial charge < -0.3 is 5.11 Å². The van der Waals surface area contributed by atoms with Crippen LogP contribution in [0.4, 0.5) is 0 Å². The van der Waals surface area contributed by atoms with E-state index in [0.29, 0.717) is 11.2 Å². The van der Waals surface area contributed by atoms with Crippen LogP contribution in [-0.4, -0.2) is 25.8 Å². The highest BCUT2D eigenvalue weighted by Gasteiger charge is 2.13. The van der Waals surface area contributed by atoms with Crippen molar-refractivity contribution in [2.45, 2.75) is 0 Å². The molecule has 6 heteroatoms. The number of hydrogen-bond acceptors (Lipinski definition) is 3. The first-order chi connectivity index (χ1) is 9.16. The maximum atomic E-state index is 11.2. The van der Waals surface area contributed by atoms with Crippen LogP contribution in [-0.2, 0) is 0 Å². The van der Waals surface area contributed by atoms with Crippen molar-refractivity contribution < 1.29 is 9.90 Å². The predicted molar refractivity (Wildman–Crippen MR) is 73.5 cm³/mol. The zero-order valence-electron chi connectivity index (χ0n) is 9.62. The molecule has 0 saturated carbocycles. The van der Waals surface area contributed by atoms with Gasteiger partial charge in [-0.2, -0.15) is 5.10 Å². The lowest BCUT2D eigenvalue weighted by Gasteiger charge is -2.07. The monoisotopic (exact) mass is 317 g/mol. The molecule has 0 amide bonds. The molecular weight excluding hydrogens is 310 g/mol. The number of nitrogens with zero attached hydrogens (tertiary/aromatic N) is 3.